The molecule has 5 nitrogen and oxygen atoms in total. The molecule has 1 rings (SSSR count). The van der Waals surface area contributed by atoms with Gasteiger partial charge >= 0.3 is 5.69 Å². The van der Waals surface area contributed by atoms with Crippen molar-refractivity contribution < 1.29 is 14.8 Å². The second-order valence-electron chi connectivity index (χ2n) is 3.92. The monoisotopic (exact) mass is 225 g/mol. The zero-order valence-electron chi connectivity index (χ0n) is 9.34. The highest BCUT2D eigenvalue weighted by atomic mass is 16.6. The van der Waals surface area contributed by atoms with E-state index < -0.39 is 4.92 Å². The first-order valence-corrected chi connectivity index (χ1v) is 5.05. The van der Waals surface area contributed by atoms with Crippen LogP contribution in [0, 0.1) is 16.0 Å². The Kier molecular flexibility index (Phi) is 4.25. The zero-order valence-corrected chi connectivity index (χ0v) is 9.34. The summed E-state index contributed by atoms with van der Waals surface area (Å²) in [7, 11) is 0. The van der Waals surface area contributed by atoms with Crippen LogP contribution in [0.4, 0.5) is 5.69 Å². The fourth-order valence-electron chi connectivity index (χ4n) is 1.18. The predicted molar refractivity (Wildman–Crippen MR) is 59.4 cm³/mol. The number of nitro benzene ring substituents is 1. The lowest BCUT2D eigenvalue weighted by molar-refractivity contribution is -0.386. The first kappa shape index (κ1) is 12.4. The number of hydrogen-bond acceptors (Lipinski definition) is 4. The number of aliphatic hydroxyl groups excluding tert-OH is 1. The van der Waals surface area contributed by atoms with E-state index in [0.717, 1.165) is 0 Å². The molecular formula is C11H15NO4. The third-order valence-corrected chi connectivity index (χ3v) is 1.97. The van der Waals surface area contributed by atoms with Crippen molar-refractivity contribution in [2.45, 2.75) is 20.5 Å². The molecule has 0 aliphatic rings. The predicted octanol–water partition coefficient (Wildman–Crippen LogP) is 2.12. The minimum absolute atomic E-state index is 0.104. The minimum atomic E-state index is -0.505. The molecule has 0 fully saturated rings. The summed E-state index contributed by atoms with van der Waals surface area (Å²) in [5, 5.41) is 19.7. The van der Waals surface area contributed by atoms with Crippen molar-refractivity contribution in [2.75, 3.05) is 6.61 Å². The van der Waals surface area contributed by atoms with Gasteiger partial charge in [0.25, 0.3) is 0 Å². The molecule has 0 unspecified atom stereocenters. The fourth-order valence-corrected chi connectivity index (χ4v) is 1.18. The summed E-state index contributed by atoms with van der Waals surface area (Å²) in [5.74, 6) is 0.549. The molecule has 88 valence electrons. The molecule has 0 saturated heterocycles. The Balaban J connectivity index is 2.94. The van der Waals surface area contributed by atoms with E-state index >= 15 is 0 Å². The number of rotatable bonds is 5. The van der Waals surface area contributed by atoms with Crippen molar-refractivity contribution >= 4 is 5.69 Å². The summed E-state index contributed by atoms with van der Waals surface area (Å²) >= 11 is 0. The second-order valence-corrected chi connectivity index (χ2v) is 3.92. The molecule has 0 spiro atoms. The van der Waals surface area contributed by atoms with Gasteiger partial charge in [-0.25, -0.2) is 0 Å². The molecule has 16 heavy (non-hydrogen) atoms. The van der Waals surface area contributed by atoms with Gasteiger partial charge in [0.1, 0.15) is 0 Å². The molecule has 5 heteroatoms. The van der Waals surface area contributed by atoms with Gasteiger partial charge in [0.15, 0.2) is 5.75 Å². The molecule has 0 bridgehead atoms. The molecule has 0 heterocycles. The SMILES string of the molecule is CC(C)COc1ccc(CO)cc1[N+](=O)[O-]. The molecule has 0 aliphatic carbocycles. The fraction of sp³-hybridized carbons (Fsp3) is 0.455. The van der Waals surface area contributed by atoms with E-state index in [1.807, 2.05) is 13.8 Å². The maximum absolute atomic E-state index is 10.8. The highest BCUT2D eigenvalue weighted by molar-refractivity contribution is 5.48. The molecule has 1 N–H and O–H groups in total. The molecule has 0 radical (unpaired) electrons. The highest BCUT2D eigenvalue weighted by Gasteiger charge is 2.16. The Hall–Kier alpha value is -1.62. The Labute approximate surface area is 93.8 Å². The van der Waals surface area contributed by atoms with Crippen molar-refractivity contribution in [3.8, 4) is 5.75 Å². The van der Waals surface area contributed by atoms with Gasteiger partial charge in [0.2, 0.25) is 0 Å². The van der Waals surface area contributed by atoms with Gasteiger partial charge < -0.3 is 9.84 Å². The van der Waals surface area contributed by atoms with E-state index in [4.69, 9.17) is 9.84 Å². The lowest BCUT2D eigenvalue weighted by Crippen LogP contribution is -2.06. The molecule has 1 aromatic rings. The number of nitro groups is 1. The Bertz CT molecular complexity index is 376. The molecule has 0 aromatic heterocycles. The van der Waals surface area contributed by atoms with Crippen molar-refractivity contribution in [3.05, 3.63) is 33.9 Å². The average Bonchev–Trinajstić information content (AvgIpc) is 2.25. The van der Waals surface area contributed by atoms with Gasteiger partial charge in [-0.15, -0.1) is 0 Å². The van der Waals surface area contributed by atoms with Gasteiger partial charge in [0.05, 0.1) is 18.1 Å². The zero-order chi connectivity index (χ0) is 12.1. The van der Waals surface area contributed by atoms with Crippen molar-refractivity contribution in [3.63, 3.8) is 0 Å². The Morgan fingerprint density at radius 1 is 1.50 bits per heavy atom. The average molecular weight is 225 g/mol. The first-order valence-electron chi connectivity index (χ1n) is 5.05. The van der Waals surface area contributed by atoms with Crippen molar-refractivity contribution in [2.24, 2.45) is 5.92 Å². The van der Waals surface area contributed by atoms with Crippen molar-refractivity contribution in [1.29, 1.82) is 0 Å². The Morgan fingerprint density at radius 2 is 2.19 bits per heavy atom. The van der Waals surface area contributed by atoms with Crippen LogP contribution in [0.25, 0.3) is 0 Å². The summed E-state index contributed by atoms with van der Waals surface area (Å²) < 4.78 is 5.34. The largest absolute Gasteiger partial charge is 0.487 e. The van der Waals surface area contributed by atoms with Crippen LogP contribution in [0.1, 0.15) is 19.4 Å². The van der Waals surface area contributed by atoms with Gasteiger partial charge in [-0.1, -0.05) is 19.9 Å². The quantitative estimate of drug-likeness (QED) is 0.615. The van der Waals surface area contributed by atoms with Gasteiger partial charge in [-0.2, -0.15) is 0 Å². The van der Waals surface area contributed by atoms with Gasteiger partial charge in [0, 0.05) is 6.07 Å². The summed E-state index contributed by atoms with van der Waals surface area (Å²) in [6.07, 6.45) is 0. The van der Waals surface area contributed by atoms with Crippen LogP contribution < -0.4 is 4.74 Å². The summed E-state index contributed by atoms with van der Waals surface area (Å²) in [4.78, 5) is 10.3. The maximum Gasteiger partial charge on any atom is 0.311 e. The molecular weight excluding hydrogens is 210 g/mol. The molecule has 0 atom stereocenters. The first-order chi connectivity index (χ1) is 7.54. The number of benzene rings is 1. The van der Waals surface area contributed by atoms with Gasteiger partial charge in [-0.3, -0.25) is 10.1 Å². The van der Waals surface area contributed by atoms with E-state index in [2.05, 4.69) is 0 Å². The maximum atomic E-state index is 10.8. The van der Waals surface area contributed by atoms with E-state index in [0.29, 0.717) is 18.1 Å². The highest BCUT2D eigenvalue weighted by Crippen LogP contribution is 2.28. The van der Waals surface area contributed by atoms with Crippen LogP contribution in [-0.4, -0.2) is 16.6 Å². The van der Waals surface area contributed by atoms with Crippen LogP contribution in [0.3, 0.4) is 0 Å². The lowest BCUT2D eigenvalue weighted by atomic mass is 10.2. The van der Waals surface area contributed by atoms with Crippen LogP contribution in [0.5, 0.6) is 5.75 Å². The summed E-state index contributed by atoms with van der Waals surface area (Å²) in [6, 6.07) is 4.46. The molecule has 0 amide bonds. The number of aliphatic hydroxyl groups is 1. The lowest BCUT2D eigenvalue weighted by Gasteiger charge is -2.09. The van der Waals surface area contributed by atoms with E-state index in [1.165, 1.54) is 12.1 Å². The summed E-state index contributed by atoms with van der Waals surface area (Å²) in [6.45, 7) is 4.15. The summed E-state index contributed by atoms with van der Waals surface area (Å²) in [5.41, 5.74) is 0.399. The van der Waals surface area contributed by atoms with Crippen LogP contribution >= 0.6 is 0 Å². The van der Waals surface area contributed by atoms with E-state index in [-0.39, 0.29) is 18.0 Å². The van der Waals surface area contributed by atoms with Crippen molar-refractivity contribution in [1.82, 2.24) is 0 Å². The third kappa shape index (κ3) is 3.20. The number of hydrogen-bond donors (Lipinski definition) is 1. The standard InChI is InChI=1S/C11H15NO4/c1-8(2)7-16-11-4-3-9(6-13)5-10(11)12(14)15/h3-5,8,13H,6-7H2,1-2H3. The number of ether oxygens (including phenoxy) is 1. The van der Waals surface area contributed by atoms with E-state index in [1.54, 1.807) is 6.07 Å². The minimum Gasteiger partial charge on any atom is -0.487 e. The Morgan fingerprint density at radius 3 is 2.69 bits per heavy atom. The third-order valence-electron chi connectivity index (χ3n) is 1.97. The molecule has 1 aromatic carbocycles. The molecule has 0 saturated carbocycles. The van der Waals surface area contributed by atoms with Crippen LogP contribution in [0.15, 0.2) is 18.2 Å². The topological polar surface area (TPSA) is 72.6 Å². The van der Waals surface area contributed by atoms with Gasteiger partial charge in [-0.05, 0) is 17.5 Å². The second kappa shape index (κ2) is 5.46. The van der Waals surface area contributed by atoms with E-state index in [9.17, 15) is 10.1 Å². The van der Waals surface area contributed by atoms with Crippen LogP contribution in [0.2, 0.25) is 0 Å². The molecule has 0 aliphatic heterocycles. The normalized spacial score (nSPS) is 10.5. The van der Waals surface area contributed by atoms with Crippen LogP contribution in [-0.2, 0) is 6.61 Å². The number of nitrogens with zero attached hydrogens (tertiary/aromatic N) is 1. The smallest absolute Gasteiger partial charge is 0.311 e.